The molecule has 1 amide bonds. The summed E-state index contributed by atoms with van der Waals surface area (Å²) in [7, 11) is 0. The molecule has 184 valence electrons. The fourth-order valence-corrected chi connectivity index (χ4v) is 5.97. The first kappa shape index (κ1) is 24.7. The molecule has 3 aromatic carbocycles. The molecular formula is C27H23Br2N3O4. The first-order valence-electron chi connectivity index (χ1n) is 11.5. The van der Waals surface area contributed by atoms with E-state index in [-0.39, 0.29) is 29.3 Å². The molecule has 5 rings (SSSR count). The molecule has 0 aliphatic carbocycles. The summed E-state index contributed by atoms with van der Waals surface area (Å²) in [6.45, 7) is 0.916. The third-order valence-corrected chi connectivity index (χ3v) is 7.89. The fourth-order valence-electron chi connectivity index (χ4n) is 4.78. The van der Waals surface area contributed by atoms with Crippen LogP contribution in [0.1, 0.15) is 34.7 Å². The number of carbonyl (C=O) groups excluding carboxylic acids is 1. The minimum absolute atomic E-state index is 0.0624. The number of benzene rings is 3. The minimum Gasteiger partial charge on any atom is -0.506 e. The third kappa shape index (κ3) is 4.58. The number of amides is 1. The van der Waals surface area contributed by atoms with Gasteiger partial charge in [-0.15, -0.1) is 0 Å². The minimum atomic E-state index is -1.16. The van der Waals surface area contributed by atoms with Crippen molar-refractivity contribution in [2.45, 2.75) is 18.4 Å². The number of carbonyl (C=O) groups is 1. The van der Waals surface area contributed by atoms with Gasteiger partial charge in [0.05, 0.1) is 8.95 Å². The number of aromatic hydroxyl groups is 1. The highest BCUT2D eigenvalue weighted by Crippen LogP contribution is 2.42. The molecule has 0 radical (unpaired) electrons. The molecule has 7 nitrogen and oxygen atoms in total. The summed E-state index contributed by atoms with van der Waals surface area (Å²) < 4.78 is 6.22. The maximum absolute atomic E-state index is 13.1. The molecule has 1 fully saturated rings. The number of likely N-dealkylation sites (tertiary alicyclic amines) is 1. The predicted molar refractivity (Wildman–Crippen MR) is 141 cm³/mol. The summed E-state index contributed by atoms with van der Waals surface area (Å²) in [5, 5.41) is 25.9. The van der Waals surface area contributed by atoms with E-state index in [0.29, 0.717) is 40.4 Å². The van der Waals surface area contributed by atoms with Crippen LogP contribution in [0.4, 0.5) is 0 Å². The molecule has 1 aromatic heterocycles. The van der Waals surface area contributed by atoms with Crippen molar-refractivity contribution in [1.82, 2.24) is 15.0 Å². The van der Waals surface area contributed by atoms with Crippen molar-refractivity contribution < 1.29 is 19.5 Å². The summed E-state index contributed by atoms with van der Waals surface area (Å²) in [5.74, 6) is -0.196. The Morgan fingerprint density at radius 3 is 2.00 bits per heavy atom. The van der Waals surface area contributed by atoms with Crippen LogP contribution < -0.4 is 0 Å². The molecule has 0 spiro atoms. The zero-order valence-electron chi connectivity index (χ0n) is 19.1. The van der Waals surface area contributed by atoms with Crippen LogP contribution in [-0.4, -0.2) is 44.3 Å². The van der Waals surface area contributed by atoms with E-state index in [1.807, 2.05) is 60.7 Å². The molecule has 0 atom stereocenters. The molecular weight excluding hydrogens is 590 g/mol. The smallest absolute Gasteiger partial charge is 0.316 e. The van der Waals surface area contributed by atoms with Crippen molar-refractivity contribution in [3.8, 4) is 17.1 Å². The highest BCUT2D eigenvalue weighted by Gasteiger charge is 2.42. The molecule has 1 aliphatic heterocycles. The number of phenols is 1. The standard InChI is InChI=1S/C27H23Br2N3O4/c28-21-15-17(16-22(29)23(21)33)24-30-25(36-31-24)26(34)32-13-11-20(12-14-32)27(35,18-7-3-1-4-8-18)19-9-5-2-6-10-19/h1-10,15-16,20,33,35H,11-14H2. The van der Waals surface area contributed by atoms with Gasteiger partial charge in [-0.2, -0.15) is 4.98 Å². The fraction of sp³-hybridized carbons (Fsp3) is 0.222. The lowest BCUT2D eigenvalue weighted by atomic mass is 9.72. The number of aliphatic hydroxyl groups is 1. The Bertz CT molecular complexity index is 1310. The van der Waals surface area contributed by atoms with Crippen molar-refractivity contribution in [2.75, 3.05) is 13.1 Å². The van der Waals surface area contributed by atoms with Gasteiger partial charge in [-0.1, -0.05) is 65.8 Å². The van der Waals surface area contributed by atoms with Crippen LogP contribution in [0.25, 0.3) is 11.4 Å². The van der Waals surface area contributed by atoms with Gasteiger partial charge in [0, 0.05) is 18.7 Å². The zero-order chi connectivity index (χ0) is 25.3. The number of piperidine rings is 1. The Morgan fingerprint density at radius 1 is 0.944 bits per heavy atom. The SMILES string of the molecule is O=C(c1nc(-c2cc(Br)c(O)c(Br)c2)no1)N1CCC(C(O)(c2ccccc2)c2ccccc2)CC1. The molecule has 2 heterocycles. The summed E-state index contributed by atoms with van der Waals surface area (Å²) in [4.78, 5) is 19.1. The van der Waals surface area contributed by atoms with E-state index < -0.39 is 5.60 Å². The molecule has 1 saturated heterocycles. The van der Waals surface area contributed by atoms with Gasteiger partial charge in [0.1, 0.15) is 11.4 Å². The molecule has 2 N–H and O–H groups in total. The normalized spacial score (nSPS) is 14.7. The number of halogens is 2. The van der Waals surface area contributed by atoms with Crippen LogP contribution in [0.15, 0.2) is 86.3 Å². The molecule has 0 saturated carbocycles. The Hall–Kier alpha value is -3.01. The lowest BCUT2D eigenvalue weighted by Crippen LogP contribution is -2.46. The van der Waals surface area contributed by atoms with Gasteiger partial charge >= 0.3 is 11.8 Å². The van der Waals surface area contributed by atoms with Gasteiger partial charge in [-0.25, -0.2) is 0 Å². The predicted octanol–water partition coefficient (Wildman–Crippen LogP) is 5.76. The molecule has 36 heavy (non-hydrogen) atoms. The lowest BCUT2D eigenvalue weighted by Gasteiger charge is -2.42. The van der Waals surface area contributed by atoms with Gasteiger partial charge < -0.3 is 19.6 Å². The first-order valence-corrected chi connectivity index (χ1v) is 13.1. The Labute approximate surface area is 225 Å². The van der Waals surface area contributed by atoms with Crippen LogP contribution >= 0.6 is 31.9 Å². The van der Waals surface area contributed by atoms with Crippen LogP contribution in [-0.2, 0) is 5.60 Å². The van der Waals surface area contributed by atoms with E-state index in [2.05, 4.69) is 42.0 Å². The second kappa shape index (κ2) is 10.2. The van der Waals surface area contributed by atoms with Crippen LogP contribution in [0.3, 0.4) is 0 Å². The second-order valence-electron chi connectivity index (χ2n) is 8.78. The topological polar surface area (TPSA) is 99.7 Å². The van der Waals surface area contributed by atoms with Gasteiger partial charge in [0.2, 0.25) is 5.82 Å². The summed E-state index contributed by atoms with van der Waals surface area (Å²) >= 11 is 6.57. The summed E-state index contributed by atoms with van der Waals surface area (Å²) in [6, 6.07) is 22.7. The van der Waals surface area contributed by atoms with Gasteiger partial charge in [-0.05, 0) is 73.9 Å². The van der Waals surface area contributed by atoms with Crippen molar-refractivity contribution in [3.63, 3.8) is 0 Å². The van der Waals surface area contributed by atoms with E-state index in [1.54, 1.807) is 17.0 Å². The average Bonchev–Trinajstić information content (AvgIpc) is 3.42. The Kier molecular flexibility index (Phi) is 6.96. The maximum Gasteiger partial charge on any atom is 0.316 e. The Balaban J connectivity index is 1.33. The second-order valence-corrected chi connectivity index (χ2v) is 10.5. The first-order chi connectivity index (χ1) is 17.4. The third-order valence-electron chi connectivity index (χ3n) is 6.68. The van der Waals surface area contributed by atoms with Crippen LogP contribution in [0, 0.1) is 5.92 Å². The van der Waals surface area contributed by atoms with Crippen molar-refractivity contribution in [3.05, 3.63) is 98.8 Å². The van der Waals surface area contributed by atoms with Crippen molar-refractivity contribution >= 4 is 37.8 Å². The quantitative estimate of drug-likeness (QED) is 0.297. The van der Waals surface area contributed by atoms with Gasteiger partial charge in [0.15, 0.2) is 0 Å². The van der Waals surface area contributed by atoms with E-state index in [4.69, 9.17) is 4.52 Å². The van der Waals surface area contributed by atoms with Crippen LogP contribution in [0.5, 0.6) is 5.75 Å². The van der Waals surface area contributed by atoms with Crippen molar-refractivity contribution in [1.29, 1.82) is 0 Å². The highest BCUT2D eigenvalue weighted by molar-refractivity contribution is 9.11. The van der Waals surface area contributed by atoms with Crippen molar-refractivity contribution in [2.24, 2.45) is 5.92 Å². The Morgan fingerprint density at radius 2 is 1.47 bits per heavy atom. The molecule has 1 aliphatic rings. The van der Waals surface area contributed by atoms with Gasteiger partial charge in [-0.3, -0.25) is 4.79 Å². The number of hydrogen-bond donors (Lipinski definition) is 2. The number of aromatic nitrogens is 2. The van der Waals surface area contributed by atoms with E-state index in [1.165, 1.54) is 0 Å². The zero-order valence-corrected chi connectivity index (χ0v) is 22.3. The highest BCUT2D eigenvalue weighted by atomic mass is 79.9. The monoisotopic (exact) mass is 611 g/mol. The number of nitrogens with zero attached hydrogens (tertiary/aromatic N) is 3. The maximum atomic E-state index is 13.1. The van der Waals surface area contributed by atoms with Crippen LogP contribution in [0.2, 0.25) is 0 Å². The van der Waals surface area contributed by atoms with E-state index in [9.17, 15) is 15.0 Å². The van der Waals surface area contributed by atoms with E-state index >= 15 is 0 Å². The number of phenolic OH excluding ortho intramolecular Hbond substituents is 1. The number of rotatable bonds is 5. The molecule has 9 heteroatoms. The van der Waals surface area contributed by atoms with Gasteiger partial charge in [0.25, 0.3) is 0 Å². The average molecular weight is 613 g/mol. The van der Waals surface area contributed by atoms with E-state index in [0.717, 1.165) is 11.1 Å². The largest absolute Gasteiger partial charge is 0.506 e. The molecule has 4 aromatic rings. The molecule has 0 unspecified atom stereocenters. The molecule has 0 bridgehead atoms. The lowest BCUT2D eigenvalue weighted by molar-refractivity contribution is -0.0128. The summed E-state index contributed by atoms with van der Waals surface area (Å²) in [5.41, 5.74) is 1.11. The number of hydrogen-bond acceptors (Lipinski definition) is 6. The summed E-state index contributed by atoms with van der Waals surface area (Å²) in [6.07, 6.45) is 1.23.